The number of hydrogen-bond acceptors (Lipinski definition) is 4. The Hall–Kier alpha value is -3.09. The molecule has 7 heteroatoms. The van der Waals surface area contributed by atoms with Crippen LogP contribution in [0.25, 0.3) is 0 Å². The zero-order valence-corrected chi connectivity index (χ0v) is 13.5. The summed E-state index contributed by atoms with van der Waals surface area (Å²) in [5.74, 6) is 0.242. The van der Waals surface area contributed by atoms with Gasteiger partial charge < -0.3 is 20.1 Å². The Bertz CT molecular complexity index is 792. The van der Waals surface area contributed by atoms with Gasteiger partial charge in [0.25, 0.3) is 5.91 Å². The number of carbonyl (C=O) groups is 2. The molecule has 0 aliphatic carbocycles. The molecule has 0 spiro atoms. The van der Waals surface area contributed by atoms with Gasteiger partial charge in [0.2, 0.25) is 5.91 Å². The molecule has 2 amide bonds. The summed E-state index contributed by atoms with van der Waals surface area (Å²) in [6.45, 7) is 1.83. The maximum absolute atomic E-state index is 12.8. The van der Waals surface area contributed by atoms with E-state index >= 15 is 0 Å². The Morgan fingerprint density at radius 3 is 2.80 bits per heavy atom. The van der Waals surface area contributed by atoms with Crippen LogP contribution in [-0.2, 0) is 9.59 Å². The van der Waals surface area contributed by atoms with Gasteiger partial charge in [0.05, 0.1) is 18.7 Å². The number of anilines is 2. The van der Waals surface area contributed by atoms with Gasteiger partial charge in [-0.25, -0.2) is 4.39 Å². The quantitative estimate of drug-likeness (QED) is 0.874. The highest BCUT2D eigenvalue weighted by Crippen LogP contribution is 2.32. The van der Waals surface area contributed by atoms with Crippen molar-refractivity contribution in [3.63, 3.8) is 0 Å². The summed E-state index contributed by atoms with van der Waals surface area (Å²) >= 11 is 0. The molecular formula is C18H17FN2O4. The monoisotopic (exact) mass is 344 g/mol. The molecule has 0 aromatic heterocycles. The van der Waals surface area contributed by atoms with E-state index in [1.165, 1.54) is 24.3 Å². The summed E-state index contributed by atoms with van der Waals surface area (Å²) < 4.78 is 23.6. The lowest BCUT2D eigenvalue weighted by Crippen LogP contribution is -2.34. The van der Waals surface area contributed by atoms with E-state index in [9.17, 15) is 14.0 Å². The SMILES string of the molecule is CC1Oc2ccc(NC(=O)CCOc3ccc(F)cc3)cc2NC1=O. The van der Waals surface area contributed by atoms with E-state index in [2.05, 4.69) is 10.6 Å². The fourth-order valence-electron chi connectivity index (χ4n) is 2.30. The smallest absolute Gasteiger partial charge is 0.265 e. The van der Waals surface area contributed by atoms with Crippen molar-refractivity contribution in [1.82, 2.24) is 0 Å². The Kier molecular flexibility index (Phi) is 4.83. The van der Waals surface area contributed by atoms with E-state index in [1.807, 2.05) is 0 Å². The van der Waals surface area contributed by atoms with Gasteiger partial charge in [-0.05, 0) is 49.4 Å². The maximum atomic E-state index is 12.8. The number of halogens is 1. The molecule has 3 rings (SSSR count). The number of fused-ring (bicyclic) bond motifs is 1. The molecule has 1 unspecified atom stereocenters. The standard InChI is InChI=1S/C18H17FN2O4/c1-11-18(23)21-15-10-13(4-7-16(15)25-11)20-17(22)8-9-24-14-5-2-12(19)3-6-14/h2-7,10-11H,8-9H2,1H3,(H,20,22)(H,21,23). The summed E-state index contributed by atoms with van der Waals surface area (Å²) in [5, 5.41) is 5.45. The van der Waals surface area contributed by atoms with E-state index in [0.717, 1.165) is 0 Å². The van der Waals surface area contributed by atoms with Crippen molar-refractivity contribution in [3.05, 3.63) is 48.3 Å². The van der Waals surface area contributed by atoms with Crippen LogP contribution in [0, 0.1) is 5.82 Å². The highest BCUT2D eigenvalue weighted by Gasteiger charge is 2.23. The van der Waals surface area contributed by atoms with Gasteiger partial charge in [-0.1, -0.05) is 0 Å². The van der Waals surface area contributed by atoms with Gasteiger partial charge in [0, 0.05) is 5.69 Å². The van der Waals surface area contributed by atoms with Gasteiger partial charge in [-0.3, -0.25) is 9.59 Å². The number of nitrogens with one attached hydrogen (secondary N) is 2. The Labute approximate surface area is 143 Å². The van der Waals surface area contributed by atoms with E-state index in [0.29, 0.717) is 22.9 Å². The minimum atomic E-state index is -0.545. The van der Waals surface area contributed by atoms with Crippen LogP contribution in [0.15, 0.2) is 42.5 Å². The van der Waals surface area contributed by atoms with Crippen LogP contribution in [0.2, 0.25) is 0 Å². The third kappa shape index (κ3) is 4.26. The molecule has 1 aliphatic heterocycles. The van der Waals surface area contributed by atoms with Gasteiger partial charge in [-0.2, -0.15) is 0 Å². The first kappa shape index (κ1) is 16.8. The lowest BCUT2D eigenvalue weighted by molar-refractivity contribution is -0.122. The van der Waals surface area contributed by atoms with Crippen LogP contribution in [0.4, 0.5) is 15.8 Å². The number of ether oxygens (including phenoxy) is 2. The average molecular weight is 344 g/mol. The van der Waals surface area contributed by atoms with Crippen LogP contribution in [-0.4, -0.2) is 24.5 Å². The number of benzene rings is 2. The van der Waals surface area contributed by atoms with Crippen LogP contribution < -0.4 is 20.1 Å². The third-order valence-corrected chi connectivity index (χ3v) is 3.61. The summed E-state index contributed by atoms with van der Waals surface area (Å²) in [4.78, 5) is 23.6. The van der Waals surface area contributed by atoms with Crippen molar-refractivity contribution in [2.45, 2.75) is 19.4 Å². The minimum Gasteiger partial charge on any atom is -0.493 e. The van der Waals surface area contributed by atoms with Crippen molar-refractivity contribution < 1.29 is 23.5 Å². The highest BCUT2D eigenvalue weighted by atomic mass is 19.1. The molecule has 2 aromatic rings. The molecule has 2 aromatic carbocycles. The zero-order chi connectivity index (χ0) is 17.8. The molecule has 1 atom stereocenters. The summed E-state index contributed by atoms with van der Waals surface area (Å²) in [5.41, 5.74) is 1.06. The number of rotatable bonds is 5. The van der Waals surface area contributed by atoms with Crippen LogP contribution in [0.1, 0.15) is 13.3 Å². The Morgan fingerprint density at radius 1 is 1.28 bits per heavy atom. The predicted molar refractivity (Wildman–Crippen MR) is 90.3 cm³/mol. The van der Waals surface area contributed by atoms with E-state index in [-0.39, 0.29) is 30.7 Å². The number of hydrogen-bond donors (Lipinski definition) is 2. The van der Waals surface area contributed by atoms with Crippen molar-refractivity contribution in [2.75, 3.05) is 17.2 Å². The van der Waals surface area contributed by atoms with Crippen LogP contribution in [0.3, 0.4) is 0 Å². The van der Waals surface area contributed by atoms with E-state index < -0.39 is 6.10 Å². The molecule has 0 bridgehead atoms. The highest BCUT2D eigenvalue weighted by molar-refractivity contribution is 5.99. The van der Waals surface area contributed by atoms with Crippen molar-refractivity contribution in [1.29, 1.82) is 0 Å². The largest absolute Gasteiger partial charge is 0.493 e. The molecule has 1 aliphatic rings. The second kappa shape index (κ2) is 7.21. The third-order valence-electron chi connectivity index (χ3n) is 3.61. The fourth-order valence-corrected chi connectivity index (χ4v) is 2.30. The summed E-state index contributed by atoms with van der Waals surface area (Å²) in [6.07, 6.45) is -0.412. The molecule has 0 saturated heterocycles. The molecule has 0 fully saturated rings. The second-order valence-electron chi connectivity index (χ2n) is 5.56. The van der Waals surface area contributed by atoms with E-state index in [4.69, 9.17) is 9.47 Å². The average Bonchev–Trinajstić information content (AvgIpc) is 2.58. The molecule has 25 heavy (non-hydrogen) atoms. The second-order valence-corrected chi connectivity index (χ2v) is 5.56. The van der Waals surface area contributed by atoms with Crippen molar-refractivity contribution in [2.24, 2.45) is 0 Å². The van der Waals surface area contributed by atoms with Gasteiger partial charge >= 0.3 is 0 Å². The first-order chi connectivity index (χ1) is 12.0. The first-order valence-electron chi connectivity index (χ1n) is 7.81. The lowest BCUT2D eigenvalue weighted by Gasteiger charge is -2.23. The predicted octanol–water partition coefficient (Wildman–Crippen LogP) is 2.95. The van der Waals surface area contributed by atoms with Crippen molar-refractivity contribution >= 4 is 23.2 Å². The fraction of sp³-hybridized carbons (Fsp3) is 0.222. The van der Waals surface area contributed by atoms with Gasteiger partial charge in [-0.15, -0.1) is 0 Å². The Balaban J connectivity index is 1.52. The van der Waals surface area contributed by atoms with Crippen LogP contribution in [0.5, 0.6) is 11.5 Å². The molecule has 6 nitrogen and oxygen atoms in total. The van der Waals surface area contributed by atoms with Gasteiger partial charge in [0.15, 0.2) is 6.10 Å². The molecule has 2 N–H and O–H groups in total. The molecule has 0 saturated carbocycles. The minimum absolute atomic E-state index is 0.133. The molecule has 0 radical (unpaired) electrons. The van der Waals surface area contributed by atoms with Gasteiger partial charge in [0.1, 0.15) is 17.3 Å². The normalized spacial score (nSPS) is 15.6. The van der Waals surface area contributed by atoms with E-state index in [1.54, 1.807) is 25.1 Å². The first-order valence-corrected chi connectivity index (χ1v) is 7.81. The number of amides is 2. The Morgan fingerprint density at radius 2 is 2.04 bits per heavy atom. The zero-order valence-electron chi connectivity index (χ0n) is 13.5. The topological polar surface area (TPSA) is 76.7 Å². The summed E-state index contributed by atoms with van der Waals surface area (Å²) in [6, 6.07) is 10.6. The maximum Gasteiger partial charge on any atom is 0.265 e. The molecule has 1 heterocycles. The summed E-state index contributed by atoms with van der Waals surface area (Å²) in [7, 11) is 0. The van der Waals surface area contributed by atoms with Crippen LogP contribution >= 0.6 is 0 Å². The number of carbonyl (C=O) groups excluding carboxylic acids is 2. The van der Waals surface area contributed by atoms with Crippen molar-refractivity contribution in [3.8, 4) is 11.5 Å². The molecule has 130 valence electrons. The lowest BCUT2D eigenvalue weighted by atomic mass is 10.2. The molecular weight excluding hydrogens is 327 g/mol.